The molecule has 0 atom stereocenters. The maximum absolute atomic E-state index is 12.1. The number of hydrogen-bond acceptors (Lipinski definition) is 6. The summed E-state index contributed by atoms with van der Waals surface area (Å²) in [6.45, 7) is 4.94. The first kappa shape index (κ1) is 15.8. The van der Waals surface area contributed by atoms with Crippen LogP contribution in [0.1, 0.15) is 50.2 Å². The fourth-order valence-electron chi connectivity index (χ4n) is 2.38. The van der Waals surface area contributed by atoms with Gasteiger partial charge in [0.05, 0.1) is 13.2 Å². The van der Waals surface area contributed by atoms with E-state index in [1.165, 1.54) is 23.9 Å². The van der Waals surface area contributed by atoms with Crippen molar-refractivity contribution in [2.45, 2.75) is 45.4 Å². The molecule has 1 fully saturated rings. The predicted octanol–water partition coefficient (Wildman–Crippen LogP) is 1.70. The average molecular weight is 295 g/mol. The molecule has 1 aromatic rings. The van der Waals surface area contributed by atoms with Gasteiger partial charge in [0.15, 0.2) is 0 Å². The van der Waals surface area contributed by atoms with Crippen molar-refractivity contribution in [1.29, 1.82) is 0 Å². The van der Waals surface area contributed by atoms with Gasteiger partial charge in [-0.2, -0.15) is 9.67 Å². The van der Waals surface area contributed by atoms with E-state index in [1.807, 2.05) is 4.90 Å². The molecule has 21 heavy (non-hydrogen) atoms. The standard InChI is InChI=1S/C14H25N5O2/c1-2-3-4-5-6-7-12(20)19-13(15)16-14(17-19)18-8-10-21-11-9-18/h2-11H2,1H3,(H2,15,16,17). The number of anilines is 2. The van der Waals surface area contributed by atoms with E-state index in [9.17, 15) is 4.79 Å². The van der Waals surface area contributed by atoms with Gasteiger partial charge in [0.1, 0.15) is 0 Å². The van der Waals surface area contributed by atoms with E-state index in [4.69, 9.17) is 10.5 Å². The Labute approximate surface area is 125 Å². The molecule has 0 aromatic carbocycles. The Balaban J connectivity index is 1.87. The van der Waals surface area contributed by atoms with Crippen LogP contribution >= 0.6 is 0 Å². The van der Waals surface area contributed by atoms with Gasteiger partial charge in [-0.15, -0.1) is 5.10 Å². The quantitative estimate of drug-likeness (QED) is 0.770. The van der Waals surface area contributed by atoms with E-state index >= 15 is 0 Å². The lowest BCUT2D eigenvalue weighted by Gasteiger charge is -2.25. The van der Waals surface area contributed by atoms with Crippen LogP contribution in [-0.4, -0.2) is 47.0 Å². The maximum atomic E-state index is 12.1. The monoisotopic (exact) mass is 295 g/mol. The van der Waals surface area contributed by atoms with Gasteiger partial charge in [0.25, 0.3) is 0 Å². The van der Waals surface area contributed by atoms with E-state index < -0.39 is 0 Å². The van der Waals surface area contributed by atoms with E-state index in [0.717, 1.165) is 25.9 Å². The Morgan fingerprint density at radius 2 is 1.95 bits per heavy atom. The van der Waals surface area contributed by atoms with Gasteiger partial charge in [-0.3, -0.25) is 4.79 Å². The number of carbonyl (C=O) groups is 1. The van der Waals surface area contributed by atoms with Crippen molar-refractivity contribution in [3.63, 3.8) is 0 Å². The maximum Gasteiger partial charge on any atom is 0.250 e. The largest absolute Gasteiger partial charge is 0.378 e. The number of carbonyl (C=O) groups excluding carboxylic acids is 1. The van der Waals surface area contributed by atoms with Crippen LogP contribution in [0.25, 0.3) is 0 Å². The van der Waals surface area contributed by atoms with Crippen molar-refractivity contribution in [1.82, 2.24) is 14.8 Å². The zero-order valence-corrected chi connectivity index (χ0v) is 12.8. The molecule has 0 aliphatic carbocycles. The Morgan fingerprint density at radius 3 is 2.67 bits per heavy atom. The molecule has 1 aromatic heterocycles. The molecule has 2 rings (SSSR count). The summed E-state index contributed by atoms with van der Waals surface area (Å²) in [5, 5.41) is 4.25. The van der Waals surface area contributed by atoms with Crippen LogP contribution in [-0.2, 0) is 4.74 Å². The second kappa shape index (κ2) is 7.97. The third-order valence-electron chi connectivity index (χ3n) is 3.65. The SMILES string of the molecule is CCCCCCCC(=O)n1nc(N2CCOCC2)nc1N. The minimum Gasteiger partial charge on any atom is -0.378 e. The van der Waals surface area contributed by atoms with Crippen molar-refractivity contribution in [2.24, 2.45) is 0 Å². The van der Waals surface area contributed by atoms with Gasteiger partial charge >= 0.3 is 0 Å². The Hall–Kier alpha value is -1.63. The second-order valence-corrected chi connectivity index (χ2v) is 5.34. The lowest BCUT2D eigenvalue weighted by Crippen LogP contribution is -2.37. The van der Waals surface area contributed by atoms with Crippen LogP contribution < -0.4 is 10.6 Å². The van der Waals surface area contributed by atoms with Crippen LogP contribution in [0.5, 0.6) is 0 Å². The number of nitrogen functional groups attached to an aromatic ring is 1. The third kappa shape index (κ3) is 4.42. The summed E-state index contributed by atoms with van der Waals surface area (Å²) in [5.74, 6) is 0.626. The summed E-state index contributed by atoms with van der Waals surface area (Å²) < 4.78 is 6.53. The van der Waals surface area contributed by atoms with Crippen LogP contribution in [0.2, 0.25) is 0 Å². The summed E-state index contributed by atoms with van der Waals surface area (Å²) in [7, 11) is 0. The summed E-state index contributed by atoms with van der Waals surface area (Å²) in [6.07, 6.45) is 6.03. The number of ether oxygens (including phenoxy) is 1. The highest BCUT2D eigenvalue weighted by molar-refractivity contribution is 5.80. The molecule has 2 heterocycles. The van der Waals surface area contributed by atoms with Gasteiger partial charge in [0, 0.05) is 19.5 Å². The molecule has 0 radical (unpaired) electrons. The molecule has 0 unspecified atom stereocenters. The van der Waals surface area contributed by atoms with E-state index in [2.05, 4.69) is 17.0 Å². The summed E-state index contributed by atoms with van der Waals surface area (Å²) in [5.41, 5.74) is 5.81. The number of unbranched alkanes of at least 4 members (excludes halogenated alkanes) is 4. The summed E-state index contributed by atoms with van der Waals surface area (Å²) in [4.78, 5) is 18.3. The zero-order chi connectivity index (χ0) is 15.1. The molecule has 1 aliphatic heterocycles. The van der Waals surface area contributed by atoms with Gasteiger partial charge in [-0.25, -0.2) is 0 Å². The number of rotatable bonds is 7. The second-order valence-electron chi connectivity index (χ2n) is 5.34. The molecule has 7 heteroatoms. The van der Waals surface area contributed by atoms with Crippen LogP contribution in [0, 0.1) is 0 Å². The Morgan fingerprint density at radius 1 is 1.24 bits per heavy atom. The van der Waals surface area contributed by atoms with Gasteiger partial charge in [0.2, 0.25) is 17.8 Å². The lowest BCUT2D eigenvalue weighted by atomic mass is 10.1. The fraction of sp³-hybridized carbons (Fsp3) is 0.786. The third-order valence-corrected chi connectivity index (χ3v) is 3.65. The molecule has 118 valence electrons. The average Bonchev–Trinajstić information content (AvgIpc) is 2.90. The molecule has 1 aliphatic rings. The van der Waals surface area contributed by atoms with Gasteiger partial charge < -0.3 is 15.4 Å². The van der Waals surface area contributed by atoms with Gasteiger partial charge in [-0.05, 0) is 6.42 Å². The smallest absolute Gasteiger partial charge is 0.250 e. The molecule has 0 saturated carbocycles. The summed E-state index contributed by atoms with van der Waals surface area (Å²) >= 11 is 0. The zero-order valence-electron chi connectivity index (χ0n) is 12.8. The molecule has 0 spiro atoms. The molecule has 0 bridgehead atoms. The molecule has 1 saturated heterocycles. The van der Waals surface area contributed by atoms with E-state index in [0.29, 0.717) is 25.6 Å². The minimum absolute atomic E-state index is 0.0731. The van der Waals surface area contributed by atoms with E-state index in [1.54, 1.807) is 0 Å². The first-order chi connectivity index (χ1) is 10.2. The topological polar surface area (TPSA) is 86.3 Å². The number of hydrogen-bond donors (Lipinski definition) is 1. The van der Waals surface area contributed by atoms with Crippen molar-refractivity contribution in [2.75, 3.05) is 36.9 Å². The van der Waals surface area contributed by atoms with Crippen LogP contribution in [0.3, 0.4) is 0 Å². The first-order valence-electron chi connectivity index (χ1n) is 7.80. The number of morpholine rings is 1. The number of aromatic nitrogens is 3. The van der Waals surface area contributed by atoms with Crippen LogP contribution in [0.15, 0.2) is 0 Å². The normalized spacial score (nSPS) is 15.4. The number of nitrogens with two attached hydrogens (primary N) is 1. The molecular weight excluding hydrogens is 270 g/mol. The summed E-state index contributed by atoms with van der Waals surface area (Å²) in [6, 6.07) is 0. The fourth-order valence-corrected chi connectivity index (χ4v) is 2.38. The minimum atomic E-state index is -0.0731. The first-order valence-corrected chi connectivity index (χ1v) is 7.80. The van der Waals surface area contributed by atoms with Crippen molar-refractivity contribution < 1.29 is 9.53 Å². The Kier molecular flexibility index (Phi) is 5.98. The lowest BCUT2D eigenvalue weighted by molar-refractivity contribution is 0.0885. The molecule has 0 amide bonds. The highest BCUT2D eigenvalue weighted by atomic mass is 16.5. The van der Waals surface area contributed by atoms with Gasteiger partial charge in [-0.1, -0.05) is 32.6 Å². The van der Waals surface area contributed by atoms with Crippen molar-refractivity contribution in [3.05, 3.63) is 0 Å². The Bertz CT molecular complexity index is 454. The van der Waals surface area contributed by atoms with Crippen LogP contribution in [0.4, 0.5) is 11.9 Å². The number of nitrogens with zero attached hydrogens (tertiary/aromatic N) is 4. The van der Waals surface area contributed by atoms with Crippen molar-refractivity contribution >= 4 is 17.8 Å². The molecular formula is C14H25N5O2. The van der Waals surface area contributed by atoms with E-state index in [-0.39, 0.29) is 11.9 Å². The van der Waals surface area contributed by atoms with Crippen molar-refractivity contribution in [3.8, 4) is 0 Å². The molecule has 2 N–H and O–H groups in total. The highest BCUT2D eigenvalue weighted by Crippen LogP contribution is 2.14. The predicted molar refractivity (Wildman–Crippen MR) is 81.5 cm³/mol. The highest BCUT2D eigenvalue weighted by Gasteiger charge is 2.19. The molecule has 7 nitrogen and oxygen atoms in total.